The molecule has 1 heterocycles. The topological polar surface area (TPSA) is 42.4 Å². The van der Waals surface area contributed by atoms with Gasteiger partial charge in [0.25, 0.3) is 0 Å². The first-order valence-corrected chi connectivity index (χ1v) is 6.18. The summed E-state index contributed by atoms with van der Waals surface area (Å²) in [4.78, 5) is 17.7. The Kier molecular flexibility index (Phi) is 3.42. The molecule has 0 N–H and O–H groups in total. The van der Waals surface area contributed by atoms with Gasteiger partial charge in [0.2, 0.25) is 0 Å². The van der Waals surface area contributed by atoms with Crippen LogP contribution in [-0.4, -0.2) is 23.7 Å². The number of rotatable bonds is 1. The Bertz CT molecular complexity index is 602. The quantitative estimate of drug-likeness (QED) is 0.784. The highest BCUT2D eigenvalue weighted by Gasteiger charge is 2.21. The van der Waals surface area contributed by atoms with Gasteiger partial charge in [-0.15, -0.1) is 0 Å². The second-order valence-corrected chi connectivity index (χ2v) is 5.43. The van der Waals surface area contributed by atoms with E-state index in [-0.39, 0.29) is 0 Å². The van der Waals surface area contributed by atoms with Gasteiger partial charge in [0.05, 0.1) is 0 Å². The van der Waals surface area contributed by atoms with Gasteiger partial charge in [-0.25, -0.2) is 9.78 Å². The fraction of sp³-hybridized carbons (Fsp3) is 0.333. The second kappa shape index (κ2) is 4.88. The fourth-order valence-corrected chi connectivity index (χ4v) is 1.68. The summed E-state index contributed by atoms with van der Waals surface area (Å²) in [6, 6.07) is 9.77. The molecule has 1 aromatic carbocycles. The van der Waals surface area contributed by atoms with Crippen molar-refractivity contribution in [1.29, 1.82) is 0 Å². The molecule has 4 heteroatoms. The molecule has 1 aromatic heterocycles. The molecule has 1 amide bonds. The van der Waals surface area contributed by atoms with Crippen molar-refractivity contribution in [3.05, 3.63) is 36.5 Å². The van der Waals surface area contributed by atoms with E-state index in [0.29, 0.717) is 5.82 Å². The molecule has 0 saturated heterocycles. The zero-order valence-electron chi connectivity index (χ0n) is 11.7. The molecule has 0 bridgehead atoms. The number of hydrogen-bond donors (Lipinski definition) is 0. The lowest BCUT2D eigenvalue weighted by molar-refractivity contribution is 0.0588. The molecule has 2 aromatic rings. The first-order valence-electron chi connectivity index (χ1n) is 6.18. The lowest BCUT2D eigenvalue weighted by Crippen LogP contribution is -2.34. The molecule has 4 nitrogen and oxygen atoms in total. The van der Waals surface area contributed by atoms with E-state index in [4.69, 9.17) is 4.74 Å². The highest BCUT2D eigenvalue weighted by molar-refractivity contribution is 5.90. The van der Waals surface area contributed by atoms with Gasteiger partial charge >= 0.3 is 6.09 Å². The molecule has 0 aliphatic carbocycles. The van der Waals surface area contributed by atoms with E-state index in [2.05, 4.69) is 4.98 Å². The second-order valence-electron chi connectivity index (χ2n) is 5.43. The van der Waals surface area contributed by atoms with E-state index in [1.165, 1.54) is 4.90 Å². The maximum Gasteiger partial charge on any atom is 0.415 e. The third-order valence-corrected chi connectivity index (χ3v) is 2.63. The van der Waals surface area contributed by atoms with Crippen LogP contribution in [-0.2, 0) is 4.74 Å². The first-order chi connectivity index (χ1) is 8.87. The SMILES string of the molecule is CN(C(=O)OC(C)(C)C)c1cc2ccccc2cn1. The Morgan fingerprint density at radius 2 is 1.84 bits per heavy atom. The number of pyridine rings is 1. The Balaban J connectivity index is 2.26. The number of carbonyl (C=O) groups excluding carboxylic acids is 1. The zero-order chi connectivity index (χ0) is 14.0. The van der Waals surface area contributed by atoms with Crippen LogP contribution in [0.4, 0.5) is 10.6 Å². The summed E-state index contributed by atoms with van der Waals surface area (Å²) in [6.07, 6.45) is 1.35. The molecule has 0 aliphatic rings. The van der Waals surface area contributed by atoms with Crippen LogP contribution in [0.5, 0.6) is 0 Å². The van der Waals surface area contributed by atoms with Gasteiger partial charge in [-0.2, -0.15) is 0 Å². The molecule has 0 fully saturated rings. The van der Waals surface area contributed by atoms with Crippen molar-refractivity contribution in [2.45, 2.75) is 26.4 Å². The van der Waals surface area contributed by atoms with Crippen molar-refractivity contribution in [3.63, 3.8) is 0 Å². The summed E-state index contributed by atoms with van der Waals surface area (Å²) < 4.78 is 5.31. The van der Waals surface area contributed by atoms with Crippen molar-refractivity contribution in [1.82, 2.24) is 4.98 Å². The number of amides is 1. The number of anilines is 1. The highest BCUT2D eigenvalue weighted by atomic mass is 16.6. The van der Waals surface area contributed by atoms with E-state index >= 15 is 0 Å². The predicted octanol–water partition coefficient (Wildman–Crippen LogP) is 3.61. The summed E-state index contributed by atoms with van der Waals surface area (Å²) in [6.45, 7) is 5.52. The Hall–Kier alpha value is -2.10. The van der Waals surface area contributed by atoms with Crippen molar-refractivity contribution in [3.8, 4) is 0 Å². The molecule has 0 unspecified atom stereocenters. The third kappa shape index (κ3) is 3.22. The van der Waals surface area contributed by atoms with Gasteiger partial charge in [-0.1, -0.05) is 24.3 Å². The van der Waals surface area contributed by atoms with Gasteiger partial charge in [0, 0.05) is 18.6 Å². The highest BCUT2D eigenvalue weighted by Crippen LogP contribution is 2.20. The maximum atomic E-state index is 12.0. The lowest BCUT2D eigenvalue weighted by atomic mass is 10.2. The van der Waals surface area contributed by atoms with Gasteiger partial charge < -0.3 is 4.74 Å². The Labute approximate surface area is 113 Å². The zero-order valence-corrected chi connectivity index (χ0v) is 11.7. The summed E-state index contributed by atoms with van der Waals surface area (Å²) in [5.41, 5.74) is -0.512. The Morgan fingerprint density at radius 3 is 2.47 bits per heavy atom. The molecule has 0 spiro atoms. The monoisotopic (exact) mass is 258 g/mol. The first kappa shape index (κ1) is 13.3. The van der Waals surface area contributed by atoms with Crippen LogP contribution in [0.3, 0.4) is 0 Å². The number of ether oxygens (including phenoxy) is 1. The third-order valence-electron chi connectivity index (χ3n) is 2.63. The molecule has 0 radical (unpaired) electrons. The van der Waals surface area contributed by atoms with Gasteiger partial charge in [0.1, 0.15) is 11.4 Å². The summed E-state index contributed by atoms with van der Waals surface area (Å²) in [5.74, 6) is 0.577. The van der Waals surface area contributed by atoms with Crippen LogP contribution in [0.2, 0.25) is 0 Å². The van der Waals surface area contributed by atoms with Crippen molar-refractivity contribution in [2.75, 3.05) is 11.9 Å². The van der Waals surface area contributed by atoms with Crippen LogP contribution >= 0.6 is 0 Å². The molecular formula is C15H18N2O2. The van der Waals surface area contributed by atoms with E-state index in [1.807, 2.05) is 51.1 Å². The van der Waals surface area contributed by atoms with Crippen molar-refractivity contribution >= 4 is 22.7 Å². The van der Waals surface area contributed by atoms with Crippen molar-refractivity contribution < 1.29 is 9.53 Å². The van der Waals surface area contributed by atoms with Crippen LogP contribution < -0.4 is 4.90 Å². The molecular weight excluding hydrogens is 240 g/mol. The fourth-order valence-electron chi connectivity index (χ4n) is 1.68. The number of nitrogens with zero attached hydrogens (tertiary/aromatic N) is 2. The van der Waals surface area contributed by atoms with Crippen LogP contribution in [0.1, 0.15) is 20.8 Å². The number of aromatic nitrogens is 1. The predicted molar refractivity (Wildman–Crippen MR) is 76.4 cm³/mol. The van der Waals surface area contributed by atoms with Crippen molar-refractivity contribution in [2.24, 2.45) is 0 Å². The van der Waals surface area contributed by atoms with E-state index < -0.39 is 11.7 Å². The van der Waals surface area contributed by atoms with E-state index in [0.717, 1.165) is 10.8 Å². The molecule has 0 aliphatic heterocycles. The molecule has 100 valence electrons. The van der Waals surface area contributed by atoms with Crippen LogP contribution in [0.25, 0.3) is 10.8 Å². The molecule has 0 saturated carbocycles. The minimum absolute atomic E-state index is 0.407. The standard InChI is InChI=1S/C15H18N2O2/c1-15(2,3)19-14(18)17(4)13-9-11-7-5-6-8-12(11)10-16-13/h5-10H,1-4H3. The minimum Gasteiger partial charge on any atom is -0.443 e. The average molecular weight is 258 g/mol. The number of hydrogen-bond acceptors (Lipinski definition) is 3. The Morgan fingerprint density at radius 1 is 1.21 bits per heavy atom. The van der Waals surface area contributed by atoms with Crippen LogP contribution in [0, 0.1) is 0 Å². The minimum atomic E-state index is -0.512. The molecule has 2 rings (SSSR count). The molecule has 19 heavy (non-hydrogen) atoms. The van der Waals surface area contributed by atoms with Crippen LogP contribution in [0.15, 0.2) is 36.5 Å². The summed E-state index contributed by atoms with van der Waals surface area (Å²) >= 11 is 0. The molecule has 0 atom stereocenters. The average Bonchev–Trinajstić information content (AvgIpc) is 2.35. The smallest absolute Gasteiger partial charge is 0.415 e. The summed E-state index contributed by atoms with van der Waals surface area (Å²) in [5, 5.41) is 2.09. The van der Waals surface area contributed by atoms with Gasteiger partial charge in [-0.05, 0) is 32.2 Å². The normalized spacial score (nSPS) is 11.4. The lowest BCUT2D eigenvalue weighted by Gasteiger charge is -2.24. The van der Waals surface area contributed by atoms with Gasteiger partial charge in [0.15, 0.2) is 0 Å². The summed E-state index contributed by atoms with van der Waals surface area (Å²) in [7, 11) is 1.66. The largest absolute Gasteiger partial charge is 0.443 e. The number of benzene rings is 1. The number of fused-ring (bicyclic) bond motifs is 1. The van der Waals surface area contributed by atoms with E-state index in [9.17, 15) is 4.79 Å². The maximum absolute atomic E-state index is 12.0. The van der Waals surface area contributed by atoms with E-state index in [1.54, 1.807) is 13.2 Å². The number of carbonyl (C=O) groups is 1. The van der Waals surface area contributed by atoms with Gasteiger partial charge in [-0.3, -0.25) is 4.90 Å².